The number of hydrogen-bond acceptors (Lipinski definition) is 2. The van der Waals surface area contributed by atoms with Crippen LogP contribution in [-0.2, 0) is 11.2 Å². The standard InChI is InChI=1S/C10H11NO2/c12-7-11-9-4-2-1-3-8(9)5-6-10(11)13/h1-4,12H,5-7H2. The van der Waals surface area contributed by atoms with Gasteiger partial charge in [-0.15, -0.1) is 0 Å². The van der Waals surface area contributed by atoms with Crippen molar-refractivity contribution in [2.75, 3.05) is 11.6 Å². The molecule has 0 aromatic heterocycles. The second-order valence-corrected chi connectivity index (χ2v) is 3.09. The Morgan fingerprint density at radius 2 is 2.08 bits per heavy atom. The zero-order chi connectivity index (χ0) is 9.26. The fourth-order valence-electron chi connectivity index (χ4n) is 1.65. The molecular weight excluding hydrogens is 166 g/mol. The molecule has 68 valence electrons. The van der Waals surface area contributed by atoms with Crippen LogP contribution in [-0.4, -0.2) is 17.7 Å². The first kappa shape index (κ1) is 8.26. The van der Waals surface area contributed by atoms with Gasteiger partial charge in [-0.3, -0.25) is 9.69 Å². The van der Waals surface area contributed by atoms with Crippen molar-refractivity contribution in [3.8, 4) is 0 Å². The SMILES string of the molecule is O=C1CCc2ccccc2N1CO. The maximum Gasteiger partial charge on any atom is 0.229 e. The Morgan fingerprint density at radius 1 is 1.31 bits per heavy atom. The summed E-state index contributed by atoms with van der Waals surface area (Å²) in [4.78, 5) is 12.8. The molecule has 1 aromatic carbocycles. The molecule has 3 nitrogen and oxygen atoms in total. The van der Waals surface area contributed by atoms with Gasteiger partial charge in [0.05, 0.1) is 0 Å². The Morgan fingerprint density at radius 3 is 2.85 bits per heavy atom. The minimum absolute atomic E-state index is 0.00111. The van der Waals surface area contributed by atoms with Crippen molar-refractivity contribution >= 4 is 11.6 Å². The molecule has 3 heteroatoms. The molecule has 0 spiro atoms. The first-order chi connectivity index (χ1) is 6.33. The number of benzene rings is 1. The van der Waals surface area contributed by atoms with Gasteiger partial charge in [-0.25, -0.2) is 0 Å². The number of carbonyl (C=O) groups excluding carboxylic acids is 1. The van der Waals surface area contributed by atoms with Crippen LogP contribution in [0, 0.1) is 0 Å². The number of nitrogens with zero attached hydrogens (tertiary/aromatic N) is 1. The number of hydrogen-bond donors (Lipinski definition) is 1. The highest BCUT2D eigenvalue weighted by atomic mass is 16.3. The Balaban J connectivity index is 2.45. The van der Waals surface area contributed by atoms with Crippen molar-refractivity contribution in [2.45, 2.75) is 12.8 Å². The summed E-state index contributed by atoms with van der Waals surface area (Å²) in [6, 6.07) is 7.68. The summed E-state index contributed by atoms with van der Waals surface area (Å²) >= 11 is 0. The lowest BCUT2D eigenvalue weighted by Gasteiger charge is -2.27. The monoisotopic (exact) mass is 177 g/mol. The fraction of sp³-hybridized carbons (Fsp3) is 0.300. The molecule has 0 saturated carbocycles. The lowest BCUT2D eigenvalue weighted by atomic mass is 10.0. The number of anilines is 1. The number of aryl methyl sites for hydroxylation is 1. The molecule has 1 N–H and O–H groups in total. The van der Waals surface area contributed by atoms with Crippen LogP contribution in [0.5, 0.6) is 0 Å². The summed E-state index contributed by atoms with van der Waals surface area (Å²) in [7, 11) is 0. The summed E-state index contributed by atoms with van der Waals surface area (Å²) in [6.07, 6.45) is 1.28. The molecule has 0 fully saturated rings. The number of aliphatic hydroxyl groups excluding tert-OH is 1. The van der Waals surface area contributed by atoms with Crippen LogP contribution in [0.1, 0.15) is 12.0 Å². The quantitative estimate of drug-likeness (QED) is 0.692. The summed E-state index contributed by atoms with van der Waals surface area (Å²) in [6.45, 7) is -0.226. The fourth-order valence-corrected chi connectivity index (χ4v) is 1.65. The van der Waals surface area contributed by atoms with Crippen LogP contribution in [0.15, 0.2) is 24.3 Å². The minimum Gasteiger partial charge on any atom is -0.376 e. The van der Waals surface area contributed by atoms with Crippen LogP contribution in [0.2, 0.25) is 0 Å². The Labute approximate surface area is 76.6 Å². The highest BCUT2D eigenvalue weighted by Crippen LogP contribution is 2.26. The van der Waals surface area contributed by atoms with Gasteiger partial charge < -0.3 is 5.11 Å². The molecule has 0 unspecified atom stereocenters. The third-order valence-corrected chi connectivity index (χ3v) is 2.33. The van der Waals surface area contributed by atoms with Gasteiger partial charge in [0, 0.05) is 12.1 Å². The van der Waals surface area contributed by atoms with E-state index in [0.29, 0.717) is 6.42 Å². The predicted octanol–water partition coefficient (Wildman–Crippen LogP) is 0.916. The van der Waals surface area contributed by atoms with Crippen LogP contribution in [0.3, 0.4) is 0 Å². The molecule has 0 radical (unpaired) electrons. The van der Waals surface area contributed by atoms with Crippen molar-refractivity contribution in [2.24, 2.45) is 0 Å². The van der Waals surface area contributed by atoms with E-state index in [4.69, 9.17) is 5.11 Å². The van der Waals surface area contributed by atoms with E-state index < -0.39 is 0 Å². The van der Waals surface area contributed by atoms with E-state index in [2.05, 4.69) is 0 Å². The zero-order valence-corrected chi connectivity index (χ0v) is 7.23. The summed E-state index contributed by atoms with van der Waals surface area (Å²) in [5.74, 6) is 0.00111. The van der Waals surface area contributed by atoms with Gasteiger partial charge in [0.2, 0.25) is 5.91 Å². The van der Waals surface area contributed by atoms with E-state index in [1.807, 2.05) is 24.3 Å². The largest absolute Gasteiger partial charge is 0.376 e. The van der Waals surface area contributed by atoms with E-state index in [1.54, 1.807) is 0 Å². The molecule has 1 aromatic rings. The molecule has 1 aliphatic rings. The normalized spacial score (nSPS) is 15.8. The van der Waals surface area contributed by atoms with Crippen molar-refractivity contribution in [3.63, 3.8) is 0 Å². The molecule has 2 rings (SSSR count). The van der Waals surface area contributed by atoms with Crippen LogP contribution < -0.4 is 4.90 Å². The van der Waals surface area contributed by atoms with Gasteiger partial charge in [-0.1, -0.05) is 18.2 Å². The average molecular weight is 177 g/mol. The first-order valence-corrected chi connectivity index (χ1v) is 4.32. The lowest BCUT2D eigenvalue weighted by Crippen LogP contribution is -2.35. The molecule has 1 heterocycles. The molecule has 0 aliphatic carbocycles. The highest BCUT2D eigenvalue weighted by Gasteiger charge is 2.22. The van der Waals surface area contributed by atoms with Crippen molar-refractivity contribution in [1.29, 1.82) is 0 Å². The zero-order valence-electron chi connectivity index (χ0n) is 7.23. The summed E-state index contributed by atoms with van der Waals surface area (Å²) in [5, 5.41) is 9.01. The third kappa shape index (κ3) is 1.31. The number of para-hydroxylation sites is 1. The molecular formula is C10H11NO2. The number of aliphatic hydroxyl groups is 1. The van der Waals surface area contributed by atoms with Crippen molar-refractivity contribution in [1.82, 2.24) is 0 Å². The number of fused-ring (bicyclic) bond motifs is 1. The topological polar surface area (TPSA) is 40.5 Å². The lowest BCUT2D eigenvalue weighted by molar-refractivity contribution is -0.119. The smallest absolute Gasteiger partial charge is 0.229 e. The second kappa shape index (κ2) is 3.18. The van der Waals surface area contributed by atoms with Crippen molar-refractivity contribution in [3.05, 3.63) is 29.8 Å². The van der Waals surface area contributed by atoms with Gasteiger partial charge in [0.15, 0.2) is 0 Å². The average Bonchev–Trinajstić information content (AvgIpc) is 2.18. The molecule has 0 atom stereocenters. The van der Waals surface area contributed by atoms with E-state index in [0.717, 1.165) is 17.7 Å². The van der Waals surface area contributed by atoms with Gasteiger partial charge in [-0.2, -0.15) is 0 Å². The van der Waals surface area contributed by atoms with E-state index in [-0.39, 0.29) is 12.6 Å². The first-order valence-electron chi connectivity index (χ1n) is 4.32. The molecule has 1 amide bonds. The van der Waals surface area contributed by atoms with Gasteiger partial charge in [0.1, 0.15) is 6.73 Å². The maximum atomic E-state index is 11.4. The summed E-state index contributed by atoms with van der Waals surface area (Å²) in [5.41, 5.74) is 1.98. The molecule has 1 aliphatic heterocycles. The minimum atomic E-state index is -0.226. The van der Waals surface area contributed by atoms with Gasteiger partial charge >= 0.3 is 0 Å². The van der Waals surface area contributed by atoms with Crippen LogP contribution >= 0.6 is 0 Å². The number of amides is 1. The molecule has 13 heavy (non-hydrogen) atoms. The number of carbonyl (C=O) groups is 1. The Kier molecular flexibility index (Phi) is 2.02. The predicted molar refractivity (Wildman–Crippen MR) is 49.3 cm³/mol. The third-order valence-electron chi connectivity index (χ3n) is 2.33. The van der Waals surface area contributed by atoms with Crippen molar-refractivity contribution < 1.29 is 9.90 Å². The Hall–Kier alpha value is -1.35. The van der Waals surface area contributed by atoms with E-state index in [9.17, 15) is 4.79 Å². The van der Waals surface area contributed by atoms with Gasteiger partial charge in [0.25, 0.3) is 0 Å². The second-order valence-electron chi connectivity index (χ2n) is 3.09. The van der Waals surface area contributed by atoms with Gasteiger partial charge in [-0.05, 0) is 18.1 Å². The number of rotatable bonds is 1. The van der Waals surface area contributed by atoms with Crippen LogP contribution in [0.25, 0.3) is 0 Å². The molecule has 0 bridgehead atoms. The van der Waals surface area contributed by atoms with E-state index in [1.165, 1.54) is 4.90 Å². The van der Waals surface area contributed by atoms with E-state index >= 15 is 0 Å². The highest BCUT2D eigenvalue weighted by molar-refractivity contribution is 5.96. The molecule has 0 saturated heterocycles. The van der Waals surface area contributed by atoms with Crippen LogP contribution in [0.4, 0.5) is 5.69 Å². The summed E-state index contributed by atoms with van der Waals surface area (Å²) < 4.78 is 0. The Bertz CT molecular complexity index is 335. The maximum absolute atomic E-state index is 11.4.